The van der Waals surface area contributed by atoms with Gasteiger partial charge in [0.25, 0.3) is 0 Å². The molecule has 0 radical (unpaired) electrons. The van der Waals surface area contributed by atoms with Gasteiger partial charge in [-0.2, -0.15) is 0 Å². The minimum Gasteiger partial charge on any atom is -0.387 e. The third kappa shape index (κ3) is 78.9. The number of aliphatic hydroxyl groups is 1. The van der Waals surface area contributed by atoms with Crippen LogP contribution in [0.3, 0.4) is 0 Å². The number of likely N-dealkylation sites (N-methyl/N-ethyl adjacent to an activating group) is 1. The number of aliphatic hydroxyl groups excluding tert-OH is 1. The van der Waals surface area contributed by atoms with E-state index in [4.69, 9.17) is 9.05 Å². The lowest BCUT2D eigenvalue weighted by Gasteiger charge is -2.25. The Kier molecular flexibility index (Phi) is 74.0. The van der Waals surface area contributed by atoms with E-state index in [0.717, 1.165) is 77.0 Å². The van der Waals surface area contributed by atoms with E-state index in [9.17, 15) is 19.4 Å². The molecule has 0 bridgehead atoms. The predicted octanol–water partition coefficient (Wildman–Crippen LogP) is 27.4. The largest absolute Gasteiger partial charge is 0.472 e. The van der Waals surface area contributed by atoms with E-state index >= 15 is 0 Å². The monoisotopic (exact) mass is 1350 g/mol. The number of carbonyl (C=O) groups excluding carboxylic acids is 1. The van der Waals surface area contributed by atoms with Gasteiger partial charge >= 0.3 is 7.82 Å². The van der Waals surface area contributed by atoms with Crippen LogP contribution in [0.4, 0.5) is 0 Å². The van der Waals surface area contributed by atoms with Crippen molar-refractivity contribution >= 4 is 13.7 Å². The Morgan fingerprint density at radius 1 is 0.368 bits per heavy atom. The van der Waals surface area contributed by atoms with Crippen LogP contribution in [0.15, 0.2) is 85.1 Å². The first-order chi connectivity index (χ1) is 46.5. The molecule has 3 atom stereocenters. The molecule has 8 nitrogen and oxygen atoms in total. The lowest BCUT2D eigenvalue weighted by atomic mass is 10.0. The normalized spacial score (nSPS) is 13.9. The highest BCUT2D eigenvalue weighted by atomic mass is 31.2. The van der Waals surface area contributed by atoms with Crippen LogP contribution in [0, 0.1) is 0 Å². The SMILES string of the molecule is CC/C=C\C/C=C\C/C=C\C/C=C\C/C=C\C/C=C\CCCCCCCCCCCCCCCCCCCCCCCCC(=O)NC(COP(=O)(O)OCC[N+](C)(C)C)C(O)/C=C/CCCCCCCCCCCCCCCCCCCCCCCCCCCCCCCC. The fraction of sp³-hybridized carbons (Fsp3) is 0.826. The molecule has 0 aliphatic rings. The number of allylic oxidation sites excluding steroid dienone is 13. The molecule has 0 fully saturated rings. The summed E-state index contributed by atoms with van der Waals surface area (Å²) in [5, 5.41) is 14.1. The van der Waals surface area contributed by atoms with Gasteiger partial charge in [0.2, 0.25) is 5.91 Å². The van der Waals surface area contributed by atoms with Gasteiger partial charge in [-0.25, -0.2) is 4.57 Å². The standard InChI is InChI=1S/C86H161N2O6P/c1-6-8-10-12-14-16-18-20-22-24-26-28-30-32-34-36-38-40-41-42-43-44-45-46-47-48-50-52-54-56-58-60-62-64-66-68-70-72-74-76-78-80-86(90)87-84(83-94-95(91,92)93-82-81-88(3,4)5)85(89)79-77-75-73-71-69-67-65-63-61-59-57-55-53-51-49-39-37-35-33-31-29-27-25-23-21-19-17-15-13-11-9-7-2/h8,10,14,16,20,22,26,28,32,34,38,40,77,79,84-85,89H,6-7,9,11-13,15,17-19,21,23-25,27,29-31,33,35-37,39,41-76,78,80-83H2,1-5H3,(H-,87,90,91,92)/p+1/b10-8-,16-14-,22-20-,28-26-,34-32-,40-38-,79-77+. The van der Waals surface area contributed by atoms with Gasteiger partial charge in [-0.15, -0.1) is 0 Å². The van der Waals surface area contributed by atoms with Gasteiger partial charge in [0.05, 0.1) is 39.9 Å². The summed E-state index contributed by atoms with van der Waals surface area (Å²) < 4.78 is 23.9. The fourth-order valence-corrected chi connectivity index (χ4v) is 13.3. The zero-order chi connectivity index (χ0) is 69.0. The molecule has 0 rings (SSSR count). The van der Waals surface area contributed by atoms with E-state index in [1.807, 2.05) is 27.2 Å². The highest BCUT2D eigenvalue weighted by molar-refractivity contribution is 7.47. The molecule has 0 aliphatic heterocycles. The number of carbonyl (C=O) groups is 1. The summed E-state index contributed by atoms with van der Waals surface area (Å²) in [7, 11) is 1.59. The van der Waals surface area contributed by atoms with Gasteiger partial charge in [-0.3, -0.25) is 13.8 Å². The summed E-state index contributed by atoms with van der Waals surface area (Å²) in [6.45, 7) is 4.76. The summed E-state index contributed by atoms with van der Waals surface area (Å²) in [5.74, 6) is -0.170. The van der Waals surface area contributed by atoms with Crippen LogP contribution in [-0.4, -0.2) is 73.4 Å². The van der Waals surface area contributed by atoms with Crippen LogP contribution in [0.25, 0.3) is 0 Å². The molecule has 0 aromatic carbocycles. The van der Waals surface area contributed by atoms with Crippen molar-refractivity contribution in [3.8, 4) is 0 Å². The Balaban J connectivity index is 3.94. The lowest BCUT2D eigenvalue weighted by molar-refractivity contribution is -0.870. The summed E-state index contributed by atoms with van der Waals surface area (Å²) in [5.41, 5.74) is 0. The number of quaternary nitrogens is 1. The molecule has 0 spiro atoms. The molecule has 3 unspecified atom stereocenters. The second-order valence-corrected chi connectivity index (χ2v) is 30.9. The zero-order valence-electron chi connectivity index (χ0n) is 63.9. The number of rotatable bonds is 77. The van der Waals surface area contributed by atoms with Crippen molar-refractivity contribution in [2.45, 2.75) is 418 Å². The molecule has 0 heterocycles. The number of phosphoric ester groups is 1. The maximum atomic E-state index is 13.1. The highest BCUT2D eigenvalue weighted by Crippen LogP contribution is 2.43. The van der Waals surface area contributed by atoms with E-state index in [2.05, 4.69) is 92.1 Å². The Labute approximate surface area is 592 Å². The first-order valence-corrected chi connectivity index (χ1v) is 43.0. The fourth-order valence-electron chi connectivity index (χ4n) is 12.5. The van der Waals surface area contributed by atoms with E-state index in [0.29, 0.717) is 17.4 Å². The smallest absolute Gasteiger partial charge is 0.387 e. The molecule has 3 N–H and O–H groups in total. The highest BCUT2D eigenvalue weighted by Gasteiger charge is 2.28. The first-order valence-electron chi connectivity index (χ1n) is 41.5. The zero-order valence-corrected chi connectivity index (χ0v) is 64.8. The number of phosphoric acid groups is 1. The summed E-state index contributed by atoms with van der Waals surface area (Å²) >= 11 is 0. The average Bonchev–Trinajstić information content (AvgIpc) is 2.01. The number of nitrogens with zero attached hydrogens (tertiary/aromatic N) is 1. The minimum absolute atomic E-state index is 0.0620. The maximum Gasteiger partial charge on any atom is 0.472 e. The van der Waals surface area contributed by atoms with Gasteiger partial charge < -0.3 is 19.8 Å². The van der Waals surface area contributed by atoms with Crippen molar-refractivity contribution < 1.29 is 32.9 Å². The number of amides is 1. The molecule has 1 amide bonds. The molecule has 0 aromatic heterocycles. The van der Waals surface area contributed by atoms with Crippen molar-refractivity contribution in [2.24, 2.45) is 0 Å². The van der Waals surface area contributed by atoms with E-state index < -0.39 is 20.0 Å². The van der Waals surface area contributed by atoms with E-state index in [1.54, 1.807) is 6.08 Å². The van der Waals surface area contributed by atoms with Crippen LogP contribution in [0.1, 0.15) is 406 Å². The molecule has 95 heavy (non-hydrogen) atoms. The molecule has 0 aliphatic carbocycles. The van der Waals surface area contributed by atoms with Crippen LogP contribution in [0.2, 0.25) is 0 Å². The minimum atomic E-state index is -4.36. The summed E-state index contributed by atoms with van der Waals surface area (Å²) in [6.07, 6.45) is 109. The van der Waals surface area contributed by atoms with Crippen LogP contribution < -0.4 is 5.32 Å². The third-order valence-electron chi connectivity index (χ3n) is 18.9. The van der Waals surface area contributed by atoms with E-state index in [1.165, 1.54) is 308 Å². The number of hydrogen-bond acceptors (Lipinski definition) is 5. The quantitative estimate of drug-likeness (QED) is 0.0243. The summed E-state index contributed by atoms with van der Waals surface area (Å²) in [6, 6.07) is -0.850. The number of unbranched alkanes of at least 4 members (excludes halogenated alkanes) is 52. The Morgan fingerprint density at radius 3 is 0.926 bits per heavy atom. The molecule has 0 aromatic rings. The molecule has 0 saturated carbocycles. The van der Waals surface area contributed by atoms with Crippen molar-refractivity contribution in [3.05, 3.63) is 85.1 Å². The second kappa shape index (κ2) is 75.9. The van der Waals surface area contributed by atoms with Crippen molar-refractivity contribution in [1.82, 2.24) is 5.32 Å². The summed E-state index contributed by atoms with van der Waals surface area (Å²) in [4.78, 5) is 23.5. The van der Waals surface area contributed by atoms with Gasteiger partial charge in [0.1, 0.15) is 13.2 Å². The number of hydrogen-bond donors (Lipinski definition) is 3. The van der Waals surface area contributed by atoms with Gasteiger partial charge in [0.15, 0.2) is 0 Å². The Bertz CT molecular complexity index is 1830. The molecule has 9 heteroatoms. The number of nitrogens with one attached hydrogen (secondary N) is 1. The van der Waals surface area contributed by atoms with Gasteiger partial charge in [-0.1, -0.05) is 414 Å². The Morgan fingerprint density at radius 2 is 0.632 bits per heavy atom. The van der Waals surface area contributed by atoms with Gasteiger partial charge in [-0.05, 0) is 70.6 Å². The molecular weight excluding hydrogens is 1190 g/mol. The van der Waals surface area contributed by atoms with Crippen molar-refractivity contribution in [2.75, 3.05) is 40.9 Å². The van der Waals surface area contributed by atoms with Crippen molar-refractivity contribution in [1.29, 1.82) is 0 Å². The predicted molar refractivity (Wildman–Crippen MR) is 420 cm³/mol. The first kappa shape index (κ1) is 92.7. The topological polar surface area (TPSA) is 105 Å². The Hall–Kier alpha value is -2.32. The second-order valence-electron chi connectivity index (χ2n) is 29.5. The van der Waals surface area contributed by atoms with Crippen LogP contribution in [-0.2, 0) is 18.4 Å². The average molecular weight is 1350 g/mol. The van der Waals surface area contributed by atoms with E-state index in [-0.39, 0.29) is 19.1 Å². The molecule has 0 saturated heterocycles. The van der Waals surface area contributed by atoms with Crippen LogP contribution in [0.5, 0.6) is 0 Å². The molecule has 556 valence electrons. The molecular formula is C86H162N2O6P+. The van der Waals surface area contributed by atoms with Crippen LogP contribution >= 0.6 is 7.82 Å². The lowest BCUT2D eigenvalue weighted by Crippen LogP contribution is -2.45. The van der Waals surface area contributed by atoms with Crippen molar-refractivity contribution in [3.63, 3.8) is 0 Å². The van der Waals surface area contributed by atoms with Gasteiger partial charge in [0, 0.05) is 6.42 Å². The maximum absolute atomic E-state index is 13.1. The third-order valence-corrected chi connectivity index (χ3v) is 19.9.